The zero-order valence-electron chi connectivity index (χ0n) is 26.3. The lowest BCUT2D eigenvalue weighted by molar-refractivity contribution is 0.112. The van der Waals surface area contributed by atoms with Gasteiger partial charge in [0.05, 0.1) is 17.1 Å². The molecule has 0 bridgehead atoms. The Balaban J connectivity index is 1.37. The number of urea groups is 1. The normalized spacial score (nSPS) is 11.7. The minimum Gasteiger partial charge on any atom is -0.487 e. The van der Waals surface area contributed by atoms with Gasteiger partial charge in [0, 0.05) is 34.9 Å². The summed E-state index contributed by atoms with van der Waals surface area (Å²) in [4.78, 5) is 28.5. The van der Waals surface area contributed by atoms with Crippen LogP contribution in [0.5, 0.6) is 5.75 Å². The minimum absolute atomic E-state index is 0.211. The Morgan fingerprint density at radius 3 is 2.27 bits per heavy atom. The second kappa shape index (κ2) is 12.3. The molecule has 45 heavy (non-hydrogen) atoms. The number of amides is 3. The highest BCUT2D eigenvalue weighted by Crippen LogP contribution is 2.35. The number of pyridine rings is 1. The molecule has 0 fully saturated rings. The molecule has 0 atom stereocenters. The van der Waals surface area contributed by atoms with Crippen molar-refractivity contribution in [1.29, 1.82) is 0 Å². The van der Waals surface area contributed by atoms with E-state index in [-0.39, 0.29) is 11.2 Å². The van der Waals surface area contributed by atoms with Gasteiger partial charge >= 0.3 is 12.1 Å². The summed E-state index contributed by atoms with van der Waals surface area (Å²) in [7, 11) is 0. The van der Waals surface area contributed by atoms with Crippen molar-refractivity contribution in [3.05, 3.63) is 102 Å². The fraction of sp³-hybridized carbons (Fsp3) is 0.257. The summed E-state index contributed by atoms with van der Waals surface area (Å²) in [6, 6.07) is 24.4. The van der Waals surface area contributed by atoms with Crippen molar-refractivity contribution >= 4 is 40.2 Å². The number of ether oxygens (including phenoxy) is 1. The smallest absolute Gasteiger partial charge is 0.410 e. The van der Waals surface area contributed by atoms with Crippen LogP contribution in [0.15, 0.2) is 85.1 Å². The fourth-order valence-corrected chi connectivity index (χ4v) is 5.05. The van der Waals surface area contributed by atoms with Gasteiger partial charge in [-0.3, -0.25) is 10.6 Å². The van der Waals surface area contributed by atoms with E-state index in [0.29, 0.717) is 23.7 Å². The molecule has 0 radical (unpaired) electrons. The van der Waals surface area contributed by atoms with Crippen molar-refractivity contribution in [2.45, 2.75) is 59.0 Å². The van der Waals surface area contributed by atoms with Gasteiger partial charge in [0.25, 0.3) is 0 Å². The maximum atomic E-state index is 13.4. The number of carbonyl (C=O) groups is 2. The average molecular weight is 607 g/mol. The van der Waals surface area contributed by atoms with E-state index in [9.17, 15) is 9.59 Å². The maximum Gasteiger partial charge on any atom is 0.410 e. The van der Waals surface area contributed by atoms with Crippen LogP contribution >= 0.6 is 0 Å². The van der Waals surface area contributed by atoms with Crippen LogP contribution in [-0.4, -0.2) is 37.6 Å². The van der Waals surface area contributed by atoms with Gasteiger partial charge in [-0.1, -0.05) is 62.7 Å². The molecule has 10 nitrogen and oxygen atoms in total. The van der Waals surface area contributed by atoms with Crippen LogP contribution in [0.3, 0.4) is 0 Å². The molecule has 0 aliphatic carbocycles. The molecule has 5 aromatic rings. The van der Waals surface area contributed by atoms with Crippen molar-refractivity contribution < 1.29 is 19.4 Å². The first-order chi connectivity index (χ1) is 21.3. The third-order valence-corrected chi connectivity index (χ3v) is 7.21. The van der Waals surface area contributed by atoms with Crippen molar-refractivity contribution in [2.75, 3.05) is 16.0 Å². The summed E-state index contributed by atoms with van der Waals surface area (Å²) in [5.41, 5.74) is 3.49. The Morgan fingerprint density at radius 2 is 1.58 bits per heavy atom. The first-order valence-electron chi connectivity index (χ1n) is 14.7. The number of benzene rings is 3. The summed E-state index contributed by atoms with van der Waals surface area (Å²) in [6.45, 7) is 12.2. The van der Waals surface area contributed by atoms with Crippen LogP contribution in [0, 0.1) is 6.92 Å². The Bertz CT molecular complexity index is 1850. The Morgan fingerprint density at radius 1 is 0.867 bits per heavy atom. The number of hydrogen-bond donors (Lipinski definition) is 4. The quantitative estimate of drug-likeness (QED) is 0.141. The van der Waals surface area contributed by atoms with E-state index in [2.05, 4.69) is 41.7 Å². The summed E-state index contributed by atoms with van der Waals surface area (Å²) < 4.78 is 8.26. The predicted octanol–water partition coefficient (Wildman–Crippen LogP) is 8.16. The first kappa shape index (κ1) is 31.1. The van der Waals surface area contributed by atoms with Crippen LogP contribution in [0.25, 0.3) is 16.5 Å². The van der Waals surface area contributed by atoms with Gasteiger partial charge < -0.3 is 15.2 Å². The molecule has 0 spiro atoms. The van der Waals surface area contributed by atoms with Gasteiger partial charge in [0.15, 0.2) is 0 Å². The highest BCUT2D eigenvalue weighted by atomic mass is 16.5. The van der Waals surface area contributed by atoms with E-state index in [1.54, 1.807) is 16.9 Å². The number of nitrogens with zero attached hydrogens (tertiary/aromatic N) is 3. The first-order valence-corrected chi connectivity index (χ1v) is 14.7. The van der Waals surface area contributed by atoms with Gasteiger partial charge in [0.2, 0.25) is 0 Å². The van der Waals surface area contributed by atoms with Crippen molar-refractivity contribution in [3.63, 3.8) is 0 Å². The molecular formula is C35H38N6O4. The molecule has 0 saturated heterocycles. The van der Waals surface area contributed by atoms with Crippen LogP contribution in [0.4, 0.5) is 26.9 Å². The number of nitrogens with one attached hydrogen (secondary N) is 3. The fourth-order valence-electron chi connectivity index (χ4n) is 5.05. The molecule has 3 amide bonds. The largest absolute Gasteiger partial charge is 0.487 e. The molecule has 3 aromatic carbocycles. The standard InChI is InChI=1S/C35H38N6O4/c1-22-11-13-24(14-12-22)41-31(20-29(40-41)34(2,3)4)39-32(42)37-27-15-16-28(26-10-8-7-9-25(26)27)45-35(5,6)21-23-17-18-36-30(19-23)38-33(43)44/h7-20H,21H2,1-6H3,(H,36,38)(H,43,44)(H2,37,39,42). The zero-order chi connectivity index (χ0) is 32.4. The lowest BCUT2D eigenvalue weighted by Gasteiger charge is -2.28. The second-order valence-electron chi connectivity index (χ2n) is 12.7. The van der Waals surface area contributed by atoms with E-state index in [1.807, 2.05) is 93.6 Å². The van der Waals surface area contributed by atoms with Crippen LogP contribution in [0.2, 0.25) is 0 Å². The molecule has 232 valence electrons. The number of anilines is 3. The minimum atomic E-state index is -1.17. The second-order valence-corrected chi connectivity index (χ2v) is 12.7. The molecular weight excluding hydrogens is 568 g/mol. The van der Waals surface area contributed by atoms with Gasteiger partial charge in [0.1, 0.15) is 23.0 Å². The third kappa shape index (κ3) is 7.59. The highest BCUT2D eigenvalue weighted by molar-refractivity contribution is 6.07. The van der Waals surface area contributed by atoms with E-state index in [1.165, 1.54) is 0 Å². The number of fused-ring (bicyclic) bond motifs is 1. The molecule has 0 aliphatic rings. The van der Waals surface area contributed by atoms with Gasteiger partial charge in [-0.05, 0) is 62.7 Å². The number of aryl methyl sites for hydroxylation is 1. The highest BCUT2D eigenvalue weighted by Gasteiger charge is 2.24. The zero-order valence-corrected chi connectivity index (χ0v) is 26.3. The van der Waals surface area contributed by atoms with E-state index in [4.69, 9.17) is 14.9 Å². The number of hydrogen-bond acceptors (Lipinski definition) is 5. The lowest BCUT2D eigenvalue weighted by atomic mass is 9.92. The lowest BCUT2D eigenvalue weighted by Crippen LogP contribution is -2.31. The molecule has 2 heterocycles. The molecule has 10 heteroatoms. The summed E-state index contributed by atoms with van der Waals surface area (Å²) in [5, 5.41) is 23.8. The van der Waals surface area contributed by atoms with E-state index in [0.717, 1.165) is 33.3 Å². The molecule has 2 aromatic heterocycles. The Labute approximate surface area is 262 Å². The summed E-state index contributed by atoms with van der Waals surface area (Å²) in [6.07, 6.45) is 0.900. The number of carboxylic acid groups (broad SMARTS) is 1. The summed E-state index contributed by atoms with van der Waals surface area (Å²) >= 11 is 0. The monoisotopic (exact) mass is 606 g/mol. The molecule has 0 saturated carbocycles. The number of carbonyl (C=O) groups excluding carboxylic acids is 1. The Hall–Kier alpha value is -5.38. The van der Waals surface area contributed by atoms with Crippen molar-refractivity contribution in [2.24, 2.45) is 0 Å². The van der Waals surface area contributed by atoms with Gasteiger partial charge in [-0.2, -0.15) is 5.10 Å². The van der Waals surface area contributed by atoms with Crippen molar-refractivity contribution in [3.8, 4) is 11.4 Å². The SMILES string of the molecule is Cc1ccc(-n2nc(C(C)(C)C)cc2NC(=O)Nc2ccc(OC(C)(C)Cc3ccnc(NC(=O)O)c3)c3ccccc23)cc1. The topological polar surface area (TPSA) is 130 Å². The van der Waals surface area contributed by atoms with Gasteiger partial charge in [-0.25, -0.2) is 19.3 Å². The van der Waals surface area contributed by atoms with Crippen LogP contribution < -0.4 is 20.7 Å². The predicted molar refractivity (Wildman–Crippen MR) is 178 cm³/mol. The Kier molecular flexibility index (Phi) is 8.50. The van der Waals surface area contributed by atoms with E-state index >= 15 is 0 Å². The molecule has 0 unspecified atom stereocenters. The number of aromatic nitrogens is 3. The number of rotatable bonds is 8. The maximum absolute atomic E-state index is 13.4. The molecule has 4 N–H and O–H groups in total. The van der Waals surface area contributed by atoms with Gasteiger partial charge in [-0.15, -0.1) is 0 Å². The molecule has 0 aliphatic heterocycles. The van der Waals surface area contributed by atoms with E-state index < -0.39 is 17.7 Å². The third-order valence-electron chi connectivity index (χ3n) is 7.21. The average Bonchev–Trinajstić information content (AvgIpc) is 3.38. The van der Waals surface area contributed by atoms with Crippen LogP contribution in [0.1, 0.15) is 51.4 Å². The summed E-state index contributed by atoms with van der Waals surface area (Å²) in [5.74, 6) is 1.48. The molecule has 5 rings (SSSR count). The van der Waals surface area contributed by atoms with Crippen LogP contribution in [-0.2, 0) is 11.8 Å². The van der Waals surface area contributed by atoms with Crippen molar-refractivity contribution in [1.82, 2.24) is 14.8 Å².